The molecule has 2 rings (SSSR count). The maximum absolute atomic E-state index is 9.03. The predicted molar refractivity (Wildman–Crippen MR) is 73.6 cm³/mol. The number of pyridine rings is 1. The first-order valence-electron chi connectivity index (χ1n) is 4.99. The van der Waals surface area contributed by atoms with Crippen LogP contribution in [0.2, 0.25) is 0 Å². The molecule has 17 heavy (non-hydrogen) atoms. The van der Waals surface area contributed by atoms with E-state index in [0.717, 1.165) is 20.3 Å². The van der Waals surface area contributed by atoms with Crippen LogP contribution in [0, 0.1) is 11.3 Å². The molecule has 2 aromatic rings. The maximum atomic E-state index is 9.03. The molecule has 0 amide bonds. The van der Waals surface area contributed by atoms with Crippen molar-refractivity contribution >= 4 is 31.9 Å². The third-order valence-corrected chi connectivity index (χ3v) is 3.54. The zero-order valence-corrected chi connectivity index (χ0v) is 12.0. The van der Waals surface area contributed by atoms with Crippen LogP contribution >= 0.6 is 31.9 Å². The third kappa shape index (κ3) is 2.93. The summed E-state index contributed by atoms with van der Waals surface area (Å²) in [5.74, 6) is 0. The van der Waals surface area contributed by atoms with Gasteiger partial charge in [0.1, 0.15) is 4.60 Å². The molecule has 0 fully saturated rings. The van der Waals surface area contributed by atoms with Crippen LogP contribution in [-0.4, -0.2) is 4.98 Å². The van der Waals surface area contributed by atoms with Gasteiger partial charge < -0.3 is 0 Å². The zero-order chi connectivity index (χ0) is 12.3. The molecule has 84 valence electrons. The number of halogens is 2. The highest BCUT2D eigenvalue weighted by molar-refractivity contribution is 9.11. The van der Waals surface area contributed by atoms with Gasteiger partial charge in [0, 0.05) is 10.9 Å². The Labute approximate surface area is 117 Å². The molecule has 0 spiro atoms. The van der Waals surface area contributed by atoms with E-state index in [-0.39, 0.29) is 0 Å². The summed E-state index contributed by atoms with van der Waals surface area (Å²) in [7, 11) is 0. The molecule has 1 heterocycles. The molecule has 0 N–H and O–H groups in total. The molecule has 0 aliphatic rings. The minimum Gasteiger partial charge on any atom is -0.244 e. The van der Waals surface area contributed by atoms with Gasteiger partial charge in [0.2, 0.25) is 0 Å². The van der Waals surface area contributed by atoms with Crippen molar-refractivity contribution in [2.75, 3.05) is 0 Å². The lowest BCUT2D eigenvalue weighted by Gasteiger charge is -2.06. The maximum Gasteiger partial charge on any atom is 0.106 e. The van der Waals surface area contributed by atoms with Crippen molar-refractivity contribution in [2.45, 2.75) is 6.42 Å². The van der Waals surface area contributed by atoms with Crippen LogP contribution in [0.3, 0.4) is 0 Å². The van der Waals surface area contributed by atoms with Crippen molar-refractivity contribution in [1.29, 1.82) is 5.26 Å². The zero-order valence-electron chi connectivity index (χ0n) is 8.82. The second-order valence-corrected chi connectivity index (χ2v) is 5.18. The Morgan fingerprint density at radius 1 is 1.12 bits per heavy atom. The third-order valence-electron chi connectivity index (χ3n) is 2.38. The van der Waals surface area contributed by atoms with Crippen LogP contribution in [0.25, 0.3) is 0 Å². The van der Waals surface area contributed by atoms with Gasteiger partial charge in [0.05, 0.1) is 17.3 Å². The van der Waals surface area contributed by atoms with Crippen molar-refractivity contribution in [3.8, 4) is 6.07 Å². The Kier molecular flexibility index (Phi) is 3.93. The van der Waals surface area contributed by atoms with Gasteiger partial charge in [-0.05, 0) is 55.6 Å². The monoisotopic (exact) mass is 350 g/mol. The molecule has 1 aromatic carbocycles. The van der Waals surface area contributed by atoms with E-state index in [2.05, 4.69) is 42.9 Å². The average molecular weight is 352 g/mol. The average Bonchev–Trinajstić information content (AvgIpc) is 2.34. The quantitative estimate of drug-likeness (QED) is 0.764. The Balaban J connectivity index is 2.38. The lowest BCUT2D eigenvalue weighted by atomic mass is 10.0. The number of nitrogens with zero attached hydrogens (tertiary/aromatic N) is 2. The van der Waals surface area contributed by atoms with Crippen LogP contribution < -0.4 is 0 Å². The topological polar surface area (TPSA) is 36.7 Å². The van der Waals surface area contributed by atoms with Gasteiger partial charge >= 0.3 is 0 Å². The van der Waals surface area contributed by atoms with Gasteiger partial charge in [-0.25, -0.2) is 4.98 Å². The summed E-state index contributed by atoms with van der Waals surface area (Å²) in [6.45, 7) is 0. The normalized spacial score (nSPS) is 9.94. The fraction of sp³-hybridized carbons (Fsp3) is 0.0769. The van der Waals surface area contributed by atoms with Gasteiger partial charge in [-0.1, -0.05) is 18.2 Å². The highest BCUT2D eigenvalue weighted by atomic mass is 79.9. The summed E-state index contributed by atoms with van der Waals surface area (Å²) in [6, 6.07) is 13.6. The van der Waals surface area contributed by atoms with Crippen LogP contribution in [0.1, 0.15) is 16.8 Å². The van der Waals surface area contributed by atoms with Crippen molar-refractivity contribution in [3.63, 3.8) is 0 Å². The fourth-order valence-electron chi connectivity index (χ4n) is 1.55. The van der Waals surface area contributed by atoms with E-state index in [9.17, 15) is 0 Å². The number of rotatable bonds is 2. The van der Waals surface area contributed by atoms with E-state index in [0.29, 0.717) is 12.0 Å². The smallest absolute Gasteiger partial charge is 0.106 e. The van der Waals surface area contributed by atoms with E-state index in [1.165, 1.54) is 0 Å². The molecule has 0 bridgehead atoms. The van der Waals surface area contributed by atoms with E-state index in [1.54, 1.807) is 0 Å². The molecule has 0 unspecified atom stereocenters. The van der Waals surface area contributed by atoms with Gasteiger partial charge in [-0.3, -0.25) is 0 Å². The lowest BCUT2D eigenvalue weighted by molar-refractivity contribution is 1.04. The summed E-state index contributed by atoms with van der Waals surface area (Å²) >= 11 is 6.82. The number of nitriles is 1. The number of hydrogen-bond donors (Lipinski definition) is 0. The van der Waals surface area contributed by atoms with Gasteiger partial charge in [-0.2, -0.15) is 5.26 Å². The minimum atomic E-state index is 0.643. The first-order chi connectivity index (χ1) is 8.20. The molecule has 0 aliphatic heterocycles. The first kappa shape index (κ1) is 12.3. The van der Waals surface area contributed by atoms with Crippen LogP contribution in [-0.2, 0) is 6.42 Å². The molecule has 0 radical (unpaired) electrons. The van der Waals surface area contributed by atoms with E-state index in [4.69, 9.17) is 5.26 Å². The Bertz CT molecular complexity index is 588. The lowest BCUT2D eigenvalue weighted by Crippen LogP contribution is -1.96. The van der Waals surface area contributed by atoms with Crippen LogP contribution in [0.4, 0.5) is 0 Å². The van der Waals surface area contributed by atoms with Gasteiger partial charge in [-0.15, -0.1) is 0 Å². The summed E-state index contributed by atoms with van der Waals surface area (Å²) in [4.78, 5) is 4.40. The summed E-state index contributed by atoms with van der Waals surface area (Å²) < 4.78 is 1.75. The fourth-order valence-corrected chi connectivity index (χ4v) is 2.25. The summed E-state index contributed by atoms with van der Waals surface area (Å²) in [5.41, 5.74) is 2.60. The SMILES string of the molecule is N#Cc1ccccc1Cc1nc(Br)ccc1Br. The van der Waals surface area contributed by atoms with Gasteiger partial charge in [0.15, 0.2) is 0 Å². The standard InChI is InChI=1S/C13H8Br2N2/c14-11-5-6-13(15)17-12(11)7-9-3-1-2-4-10(9)8-16/h1-6H,7H2. The second kappa shape index (κ2) is 5.44. The van der Waals surface area contributed by atoms with Gasteiger partial charge in [0.25, 0.3) is 0 Å². The number of benzene rings is 1. The molecule has 0 atom stereocenters. The Hall–Kier alpha value is -1.18. The second-order valence-electron chi connectivity index (χ2n) is 3.51. The highest BCUT2D eigenvalue weighted by Crippen LogP contribution is 2.22. The van der Waals surface area contributed by atoms with E-state index < -0.39 is 0 Å². The summed E-state index contributed by atoms with van der Waals surface area (Å²) in [5, 5.41) is 9.03. The molecule has 0 saturated heterocycles. The van der Waals surface area contributed by atoms with Crippen molar-refractivity contribution < 1.29 is 0 Å². The van der Waals surface area contributed by atoms with Crippen molar-refractivity contribution in [3.05, 3.63) is 62.3 Å². The Morgan fingerprint density at radius 3 is 2.65 bits per heavy atom. The van der Waals surface area contributed by atoms with Crippen LogP contribution in [0.5, 0.6) is 0 Å². The van der Waals surface area contributed by atoms with Crippen molar-refractivity contribution in [1.82, 2.24) is 4.98 Å². The molecule has 4 heteroatoms. The molecular weight excluding hydrogens is 344 g/mol. The minimum absolute atomic E-state index is 0.643. The largest absolute Gasteiger partial charge is 0.244 e. The van der Waals surface area contributed by atoms with E-state index >= 15 is 0 Å². The molecular formula is C13H8Br2N2. The number of aromatic nitrogens is 1. The first-order valence-corrected chi connectivity index (χ1v) is 6.58. The number of hydrogen-bond acceptors (Lipinski definition) is 2. The molecule has 2 nitrogen and oxygen atoms in total. The molecule has 1 aromatic heterocycles. The Morgan fingerprint density at radius 2 is 1.88 bits per heavy atom. The van der Waals surface area contributed by atoms with E-state index in [1.807, 2.05) is 36.4 Å². The molecule has 0 saturated carbocycles. The summed E-state index contributed by atoms with van der Waals surface area (Å²) in [6.07, 6.45) is 0.643. The van der Waals surface area contributed by atoms with Crippen molar-refractivity contribution in [2.24, 2.45) is 0 Å². The van der Waals surface area contributed by atoms with Crippen LogP contribution in [0.15, 0.2) is 45.5 Å². The predicted octanol–water partition coefficient (Wildman–Crippen LogP) is 4.07. The molecule has 0 aliphatic carbocycles. The highest BCUT2D eigenvalue weighted by Gasteiger charge is 2.07.